The molecule has 0 bridgehead atoms. The van der Waals surface area contributed by atoms with Crippen molar-refractivity contribution in [2.24, 2.45) is 0 Å². The van der Waals surface area contributed by atoms with E-state index >= 15 is 0 Å². The molecule has 28 heavy (non-hydrogen) atoms. The van der Waals surface area contributed by atoms with Crippen LogP contribution >= 0.6 is 11.6 Å². The number of nitrogens with one attached hydrogen (secondary N) is 1. The van der Waals surface area contributed by atoms with Gasteiger partial charge in [0.25, 0.3) is 5.56 Å². The van der Waals surface area contributed by atoms with Gasteiger partial charge in [-0.2, -0.15) is 4.98 Å². The second-order valence-electron chi connectivity index (χ2n) is 6.88. The van der Waals surface area contributed by atoms with E-state index in [0.29, 0.717) is 22.1 Å². The molecule has 0 saturated heterocycles. The van der Waals surface area contributed by atoms with Gasteiger partial charge in [0.1, 0.15) is 6.04 Å². The van der Waals surface area contributed by atoms with Crippen molar-refractivity contribution in [1.29, 1.82) is 0 Å². The molecule has 2 aromatic carbocycles. The minimum absolute atomic E-state index is 0.216. The molecular formula is C21H19ClN4O2. The zero-order chi connectivity index (χ0) is 20.0. The smallest absolute Gasteiger partial charge is 0.273 e. The van der Waals surface area contributed by atoms with E-state index in [9.17, 15) is 9.59 Å². The van der Waals surface area contributed by atoms with Crippen LogP contribution in [0.15, 0.2) is 53.3 Å². The first-order valence-corrected chi connectivity index (χ1v) is 9.31. The number of fused-ring (bicyclic) bond motifs is 3. The Bertz CT molecular complexity index is 1290. The summed E-state index contributed by atoms with van der Waals surface area (Å²) in [5.41, 5.74) is 3.34. The first-order valence-electron chi connectivity index (χ1n) is 8.93. The molecule has 0 aliphatic rings. The summed E-state index contributed by atoms with van der Waals surface area (Å²) in [6, 6.07) is 14.0. The molecule has 0 saturated carbocycles. The van der Waals surface area contributed by atoms with Crippen LogP contribution in [-0.4, -0.2) is 20.1 Å². The fraction of sp³-hybridized carbons (Fsp3) is 0.190. The molecule has 1 amide bonds. The Morgan fingerprint density at radius 3 is 2.64 bits per heavy atom. The van der Waals surface area contributed by atoms with Gasteiger partial charge in [-0.15, -0.1) is 0 Å². The van der Waals surface area contributed by atoms with Crippen LogP contribution in [0.3, 0.4) is 0 Å². The average Bonchev–Trinajstić information content (AvgIpc) is 2.98. The van der Waals surface area contributed by atoms with Gasteiger partial charge in [-0.05, 0) is 50.6 Å². The summed E-state index contributed by atoms with van der Waals surface area (Å²) in [6.45, 7) is 5.57. The number of para-hydroxylation sites is 1. The SMILES string of the molecule is Cc1ccc(NC(=O)[C@@H](C)n2c3ccccc3c3nc(=O)cc(C)n32)c(Cl)c1. The number of rotatable bonds is 3. The molecule has 0 fully saturated rings. The second-order valence-corrected chi connectivity index (χ2v) is 7.29. The molecule has 6 nitrogen and oxygen atoms in total. The van der Waals surface area contributed by atoms with E-state index in [-0.39, 0.29) is 11.5 Å². The zero-order valence-electron chi connectivity index (χ0n) is 15.7. The highest BCUT2D eigenvalue weighted by molar-refractivity contribution is 6.33. The van der Waals surface area contributed by atoms with Crippen LogP contribution in [0.5, 0.6) is 0 Å². The summed E-state index contributed by atoms with van der Waals surface area (Å²) in [5, 5.41) is 4.20. The summed E-state index contributed by atoms with van der Waals surface area (Å²) in [6.07, 6.45) is 0. The van der Waals surface area contributed by atoms with E-state index in [2.05, 4.69) is 10.3 Å². The van der Waals surface area contributed by atoms with Gasteiger partial charge in [0, 0.05) is 17.1 Å². The van der Waals surface area contributed by atoms with Gasteiger partial charge in [0.2, 0.25) is 5.91 Å². The minimum Gasteiger partial charge on any atom is -0.323 e. The lowest BCUT2D eigenvalue weighted by Crippen LogP contribution is -2.27. The third-order valence-corrected chi connectivity index (χ3v) is 5.13. The van der Waals surface area contributed by atoms with Crippen LogP contribution in [0.25, 0.3) is 16.6 Å². The predicted octanol–water partition coefficient (Wildman–Crippen LogP) is 4.12. The number of carbonyl (C=O) groups is 1. The van der Waals surface area contributed by atoms with Gasteiger partial charge < -0.3 is 5.32 Å². The fourth-order valence-corrected chi connectivity index (χ4v) is 3.74. The van der Waals surface area contributed by atoms with Crippen molar-refractivity contribution < 1.29 is 4.79 Å². The molecule has 0 spiro atoms. The number of halogens is 1. The van der Waals surface area contributed by atoms with Crippen LogP contribution in [0.1, 0.15) is 24.2 Å². The number of nitrogens with zero attached hydrogens (tertiary/aromatic N) is 3. The maximum Gasteiger partial charge on any atom is 0.273 e. The van der Waals surface area contributed by atoms with E-state index in [1.54, 1.807) is 19.1 Å². The van der Waals surface area contributed by atoms with Crippen LogP contribution in [0.4, 0.5) is 5.69 Å². The van der Waals surface area contributed by atoms with Gasteiger partial charge >= 0.3 is 0 Å². The molecule has 4 aromatic rings. The summed E-state index contributed by atoms with van der Waals surface area (Å²) in [7, 11) is 0. The predicted molar refractivity (Wildman–Crippen MR) is 111 cm³/mol. The molecule has 0 aliphatic heterocycles. The maximum absolute atomic E-state index is 13.0. The average molecular weight is 395 g/mol. The molecular weight excluding hydrogens is 376 g/mol. The third kappa shape index (κ3) is 2.96. The lowest BCUT2D eigenvalue weighted by atomic mass is 10.2. The van der Waals surface area contributed by atoms with Crippen LogP contribution in [0, 0.1) is 13.8 Å². The highest BCUT2D eigenvalue weighted by Gasteiger charge is 2.23. The molecule has 7 heteroatoms. The van der Waals surface area contributed by atoms with Gasteiger partial charge in [-0.3, -0.25) is 14.3 Å². The van der Waals surface area contributed by atoms with Crippen LogP contribution < -0.4 is 10.9 Å². The van der Waals surface area contributed by atoms with Crippen molar-refractivity contribution >= 4 is 39.7 Å². The van der Waals surface area contributed by atoms with E-state index in [1.165, 1.54) is 6.07 Å². The first kappa shape index (κ1) is 18.3. The maximum atomic E-state index is 13.0. The minimum atomic E-state index is -0.567. The van der Waals surface area contributed by atoms with Gasteiger partial charge in [0.05, 0.1) is 16.2 Å². The Labute approximate surface area is 166 Å². The Morgan fingerprint density at radius 1 is 1.14 bits per heavy atom. The van der Waals surface area contributed by atoms with Crippen molar-refractivity contribution in [2.75, 3.05) is 5.32 Å². The molecule has 2 aromatic heterocycles. The Hall–Kier alpha value is -3.12. The zero-order valence-corrected chi connectivity index (χ0v) is 16.5. The molecule has 1 atom stereocenters. The van der Waals surface area contributed by atoms with Crippen LogP contribution in [-0.2, 0) is 4.79 Å². The van der Waals surface area contributed by atoms with E-state index in [0.717, 1.165) is 16.5 Å². The van der Waals surface area contributed by atoms with Crippen molar-refractivity contribution in [2.45, 2.75) is 26.8 Å². The summed E-state index contributed by atoms with van der Waals surface area (Å²) in [5.74, 6) is -0.216. The Balaban J connectivity index is 1.85. The van der Waals surface area contributed by atoms with E-state index in [4.69, 9.17) is 11.6 Å². The number of aromatic nitrogens is 3. The number of benzene rings is 2. The van der Waals surface area contributed by atoms with Gasteiger partial charge in [-0.25, -0.2) is 4.52 Å². The standard InChI is InChI=1S/C21H19ClN4O2/c1-12-8-9-17(16(22)10-12)23-21(28)14(3)26-18-7-5-4-6-15(18)20-24-19(27)11-13(2)25(20)26/h4-11,14H,1-3H3,(H,23,28)/t14-/m1/s1. The highest BCUT2D eigenvalue weighted by atomic mass is 35.5. The first-order chi connectivity index (χ1) is 13.4. The van der Waals surface area contributed by atoms with Crippen molar-refractivity contribution in [3.63, 3.8) is 0 Å². The normalized spacial score (nSPS) is 12.4. The Morgan fingerprint density at radius 2 is 1.89 bits per heavy atom. The fourth-order valence-electron chi connectivity index (χ4n) is 3.46. The van der Waals surface area contributed by atoms with Crippen LogP contribution in [0.2, 0.25) is 5.02 Å². The molecule has 0 radical (unpaired) electrons. The summed E-state index contributed by atoms with van der Waals surface area (Å²) < 4.78 is 3.66. The lowest BCUT2D eigenvalue weighted by Gasteiger charge is -2.18. The third-order valence-electron chi connectivity index (χ3n) is 4.82. The molecule has 0 unspecified atom stereocenters. The molecule has 2 heterocycles. The monoisotopic (exact) mass is 394 g/mol. The molecule has 4 rings (SSSR count). The number of carbonyl (C=O) groups excluding carboxylic acids is 1. The largest absolute Gasteiger partial charge is 0.323 e. The van der Waals surface area contributed by atoms with Crippen molar-refractivity contribution in [3.05, 3.63) is 75.2 Å². The van der Waals surface area contributed by atoms with Gasteiger partial charge in [0.15, 0.2) is 5.65 Å². The molecule has 1 N–H and O–H groups in total. The topological polar surface area (TPSA) is 68.4 Å². The van der Waals surface area contributed by atoms with Crippen molar-refractivity contribution in [1.82, 2.24) is 14.2 Å². The number of amides is 1. The molecule has 0 aliphatic carbocycles. The van der Waals surface area contributed by atoms with Gasteiger partial charge in [-0.1, -0.05) is 29.8 Å². The quantitative estimate of drug-likeness (QED) is 0.568. The lowest BCUT2D eigenvalue weighted by molar-refractivity contribution is -0.119. The highest BCUT2D eigenvalue weighted by Crippen LogP contribution is 2.27. The number of anilines is 1. The Kier molecular flexibility index (Phi) is 4.43. The molecule has 142 valence electrons. The second kappa shape index (κ2) is 6.80. The van der Waals surface area contributed by atoms with Crippen molar-refractivity contribution in [3.8, 4) is 0 Å². The number of hydrogen-bond donors (Lipinski definition) is 1. The summed E-state index contributed by atoms with van der Waals surface area (Å²) >= 11 is 6.26. The van der Waals surface area contributed by atoms with E-state index < -0.39 is 6.04 Å². The number of hydrogen-bond acceptors (Lipinski definition) is 3. The van der Waals surface area contributed by atoms with E-state index in [1.807, 2.05) is 53.4 Å². The summed E-state index contributed by atoms with van der Waals surface area (Å²) in [4.78, 5) is 29.1. The number of aryl methyl sites for hydroxylation is 2.